The maximum absolute atomic E-state index is 12.2. The summed E-state index contributed by atoms with van der Waals surface area (Å²) in [6.45, 7) is 3.38. The van der Waals surface area contributed by atoms with Gasteiger partial charge in [0.15, 0.2) is 5.79 Å². The van der Waals surface area contributed by atoms with E-state index >= 15 is 0 Å². The van der Waals surface area contributed by atoms with Gasteiger partial charge in [0.05, 0.1) is 19.8 Å². The number of amides is 1. The lowest BCUT2D eigenvalue weighted by Crippen LogP contribution is -2.50. The second-order valence-corrected chi connectivity index (χ2v) is 6.81. The fraction of sp³-hybridized carbons (Fsp3) is 0.824. The van der Waals surface area contributed by atoms with Crippen LogP contribution in [0.5, 0.6) is 0 Å². The zero-order valence-corrected chi connectivity index (χ0v) is 14.9. The molecule has 0 bridgehead atoms. The van der Waals surface area contributed by atoms with Crippen LogP contribution in [0.4, 0.5) is 0 Å². The number of hydrogen-bond donors (Lipinski definition) is 3. The number of hydrogen-bond acceptors (Lipinski definition) is 6. The molecule has 1 spiro atoms. The van der Waals surface area contributed by atoms with Gasteiger partial charge in [-0.15, -0.1) is 0 Å². The number of carbonyl (C=O) groups is 3. The number of ether oxygens (including phenoxy) is 2. The van der Waals surface area contributed by atoms with Gasteiger partial charge in [-0.05, 0) is 12.8 Å². The Morgan fingerprint density at radius 1 is 0.962 bits per heavy atom. The van der Waals surface area contributed by atoms with Gasteiger partial charge in [0.1, 0.15) is 0 Å². The van der Waals surface area contributed by atoms with E-state index in [2.05, 4.69) is 5.32 Å². The molecular weight excluding hydrogens is 344 g/mol. The normalized spacial score (nSPS) is 22.5. The van der Waals surface area contributed by atoms with Crippen LogP contribution in [0.15, 0.2) is 0 Å². The summed E-state index contributed by atoms with van der Waals surface area (Å²) >= 11 is 0. The highest BCUT2D eigenvalue weighted by molar-refractivity contribution is 6.27. The second-order valence-electron chi connectivity index (χ2n) is 6.81. The Labute approximate surface area is 152 Å². The quantitative estimate of drug-likeness (QED) is 0.609. The van der Waals surface area contributed by atoms with Crippen LogP contribution in [0.3, 0.4) is 0 Å². The molecule has 2 saturated heterocycles. The van der Waals surface area contributed by atoms with Gasteiger partial charge in [0.25, 0.3) is 0 Å². The monoisotopic (exact) mass is 372 g/mol. The van der Waals surface area contributed by atoms with E-state index in [1.165, 1.54) is 32.1 Å². The molecule has 9 nitrogen and oxygen atoms in total. The van der Waals surface area contributed by atoms with Gasteiger partial charge < -0.3 is 29.9 Å². The first kappa shape index (κ1) is 20.6. The van der Waals surface area contributed by atoms with Gasteiger partial charge in [-0.1, -0.05) is 19.3 Å². The van der Waals surface area contributed by atoms with Crippen molar-refractivity contribution in [3.63, 3.8) is 0 Å². The molecule has 1 amide bonds. The largest absolute Gasteiger partial charge is 0.473 e. The SMILES string of the molecule is O=C(CNC1CCCCC1)N1CCC2(CC1)OCCO2.O=C(O)C(=O)O. The Morgan fingerprint density at radius 2 is 1.50 bits per heavy atom. The van der Waals surface area contributed by atoms with Crippen molar-refractivity contribution in [1.82, 2.24) is 10.2 Å². The number of carboxylic acid groups (broad SMARTS) is 2. The van der Waals surface area contributed by atoms with E-state index < -0.39 is 11.9 Å². The molecule has 1 saturated carbocycles. The highest BCUT2D eigenvalue weighted by Gasteiger charge is 2.40. The number of nitrogens with zero attached hydrogens (tertiary/aromatic N) is 1. The van der Waals surface area contributed by atoms with Gasteiger partial charge in [0.2, 0.25) is 5.91 Å². The summed E-state index contributed by atoms with van der Waals surface area (Å²) < 4.78 is 11.4. The lowest BCUT2D eigenvalue weighted by Gasteiger charge is -2.37. The minimum Gasteiger partial charge on any atom is -0.473 e. The number of likely N-dealkylation sites (tertiary alicyclic amines) is 1. The van der Waals surface area contributed by atoms with Crippen LogP contribution in [-0.2, 0) is 23.9 Å². The molecule has 0 unspecified atom stereocenters. The van der Waals surface area contributed by atoms with Crippen molar-refractivity contribution in [3.05, 3.63) is 0 Å². The third kappa shape index (κ3) is 6.22. The smallest absolute Gasteiger partial charge is 0.414 e. The molecule has 3 N–H and O–H groups in total. The van der Waals surface area contributed by atoms with Crippen molar-refractivity contribution >= 4 is 17.8 Å². The molecule has 0 aromatic carbocycles. The lowest BCUT2D eigenvalue weighted by atomic mass is 9.95. The maximum atomic E-state index is 12.2. The Morgan fingerprint density at radius 3 is 2.00 bits per heavy atom. The molecule has 3 aliphatic rings. The van der Waals surface area contributed by atoms with Crippen LogP contribution in [0, 0.1) is 0 Å². The Balaban J connectivity index is 0.000000352. The van der Waals surface area contributed by atoms with Gasteiger partial charge in [0, 0.05) is 32.0 Å². The van der Waals surface area contributed by atoms with Crippen LogP contribution in [0.25, 0.3) is 0 Å². The maximum Gasteiger partial charge on any atom is 0.414 e. The van der Waals surface area contributed by atoms with Crippen molar-refractivity contribution in [2.24, 2.45) is 0 Å². The molecule has 0 aromatic rings. The predicted octanol–water partition coefficient (Wildman–Crippen LogP) is 0.430. The molecule has 0 atom stereocenters. The topological polar surface area (TPSA) is 125 Å². The molecule has 0 radical (unpaired) electrons. The molecule has 2 aliphatic heterocycles. The van der Waals surface area contributed by atoms with Crippen molar-refractivity contribution in [2.45, 2.75) is 56.8 Å². The summed E-state index contributed by atoms with van der Waals surface area (Å²) in [6.07, 6.45) is 8.00. The fourth-order valence-electron chi connectivity index (χ4n) is 3.53. The first-order valence-corrected chi connectivity index (χ1v) is 9.17. The molecule has 3 rings (SSSR count). The average Bonchev–Trinajstić information content (AvgIpc) is 3.09. The van der Waals surface area contributed by atoms with Gasteiger partial charge in [-0.25, -0.2) is 9.59 Å². The zero-order valence-electron chi connectivity index (χ0n) is 14.9. The van der Waals surface area contributed by atoms with E-state index in [0.29, 0.717) is 25.8 Å². The first-order chi connectivity index (χ1) is 12.4. The van der Waals surface area contributed by atoms with E-state index in [0.717, 1.165) is 25.9 Å². The molecule has 3 fully saturated rings. The van der Waals surface area contributed by atoms with Crippen LogP contribution >= 0.6 is 0 Å². The minimum atomic E-state index is -1.82. The van der Waals surface area contributed by atoms with Crippen LogP contribution in [0.2, 0.25) is 0 Å². The van der Waals surface area contributed by atoms with Crippen LogP contribution in [0.1, 0.15) is 44.9 Å². The second kappa shape index (κ2) is 9.84. The average molecular weight is 372 g/mol. The molecular formula is C17H28N2O7. The lowest BCUT2D eigenvalue weighted by molar-refractivity contribution is -0.187. The summed E-state index contributed by atoms with van der Waals surface area (Å²) in [5.74, 6) is -3.80. The van der Waals surface area contributed by atoms with Crippen LogP contribution in [-0.4, -0.2) is 77.6 Å². The van der Waals surface area contributed by atoms with Crippen molar-refractivity contribution in [1.29, 1.82) is 0 Å². The first-order valence-electron chi connectivity index (χ1n) is 9.17. The van der Waals surface area contributed by atoms with Crippen LogP contribution < -0.4 is 5.32 Å². The third-order valence-electron chi connectivity index (χ3n) is 5.02. The molecule has 1 aliphatic carbocycles. The molecule has 26 heavy (non-hydrogen) atoms. The minimum absolute atomic E-state index is 0.225. The highest BCUT2D eigenvalue weighted by Crippen LogP contribution is 2.31. The zero-order chi connectivity index (χ0) is 19.0. The third-order valence-corrected chi connectivity index (χ3v) is 5.02. The molecule has 9 heteroatoms. The molecule has 148 valence electrons. The van der Waals surface area contributed by atoms with E-state index in [-0.39, 0.29) is 11.7 Å². The van der Waals surface area contributed by atoms with Gasteiger partial charge in [-0.3, -0.25) is 4.79 Å². The number of nitrogens with one attached hydrogen (secondary N) is 1. The predicted molar refractivity (Wildman–Crippen MR) is 90.6 cm³/mol. The van der Waals surface area contributed by atoms with E-state index in [4.69, 9.17) is 29.3 Å². The fourth-order valence-corrected chi connectivity index (χ4v) is 3.53. The number of piperidine rings is 1. The highest BCUT2D eigenvalue weighted by atomic mass is 16.7. The van der Waals surface area contributed by atoms with E-state index in [1.54, 1.807) is 0 Å². The Bertz CT molecular complexity index is 477. The van der Waals surface area contributed by atoms with Gasteiger partial charge in [-0.2, -0.15) is 0 Å². The summed E-state index contributed by atoms with van der Waals surface area (Å²) in [5, 5.41) is 18.2. The summed E-state index contributed by atoms with van der Waals surface area (Å²) in [5.41, 5.74) is 0. The number of carbonyl (C=O) groups excluding carboxylic acids is 1. The van der Waals surface area contributed by atoms with E-state index in [9.17, 15) is 4.79 Å². The molecule has 2 heterocycles. The van der Waals surface area contributed by atoms with Gasteiger partial charge >= 0.3 is 11.9 Å². The van der Waals surface area contributed by atoms with Crippen molar-refractivity contribution in [3.8, 4) is 0 Å². The number of aliphatic carboxylic acids is 2. The number of carboxylic acids is 2. The van der Waals surface area contributed by atoms with Crippen molar-refractivity contribution < 1.29 is 34.1 Å². The number of rotatable bonds is 3. The Hall–Kier alpha value is -1.71. The summed E-state index contributed by atoms with van der Waals surface area (Å²) in [4.78, 5) is 32.4. The Kier molecular flexibility index (Phi) is 7.80. The van der Waals surface area contributed by atoms with E-state index in [1.807, 2.05) is 4.90 Å². The standard InChI is InChI=1S/C15H26N2O3.C2H2O4/c18-14(12-16-13-4-2-1-3-5-13)17-8-6-15(7-9-17)19-10-11-20-15;3-1(4)2(5)6/h13,16H,1-12H2;(H,3,4)(H,5,6). The summed E-state index contributed by atoms with van der Waals surface area (Å²) in [7, 11) is 0. The molecule has 0 aromatic heterocycles. The summed E-state index contributed by atoms with van der Waals surface area (Å²) in [6, 6.07) is 0.547. The van der Waals surface area contributed by atoms with Crippen molar-refractivity contribution in [2.75, 3.05) is 32.8 Å².